The number of benzene rings is 2. The van der Waals surface area contributed by atoms with Gasteiger partial charge >= 0.3 is 7.12 Å². The maximum absolute atomic E-state index is 13.7. The van der Waals surface area contributed by atoms with Gasteiger partial charge in [-0.3, -0.25) is 0 Å². The van der Waals surface area contributed by atoms with E-state index in [9.17, 15) is 4.39 Å². The van der Waals surface area contributed by atoms with Gasteiger partial charge in [-0.1, -0.05) is 30.3 Å². The Kier molecular flexibility index (Phi) is 2.92. The van der Waals surface area contributed by atoms with Crippen molar-refractivity contribution in [3.63, 3.8) is 0 Å². The molecule has 1 heterocycles. The molecule has 0 saturated carbocycles. The summed E-state index contributed by atoms with van der Waals surface area (Å²) < 4.78 is 25.7. The van der Waals surface area contributed by atoms with Crippen LogP contribution in [0.3, 0.4) is 0 Å². The molecule has 0 atom stereocenters. The molecule has 104 valence electrons. The van der Waals surface area contributed by atoms with E-state index >= 15 is 0 Å². The first kappa shape index (κ1) is 13.6. The SMILES string of the molecule is CC1(C)OB(c2ccc3c(F)cccc3c2)OC1(C)C. The van der Waals surface area contributed by atoms with Gasteiger partial charge in [0, 0.05) is 5.39 Å². The van der Waals surface area contributed by atoms with Crippen LogP contribution in [-0.2, 0) is 9.31 Å². The predicted molar refractivity (Wildman–Crippen MR) is 79.6 cm³/mol. The average Bonchev–Trinajstić information content (AvgIpc) is 2.58. The van der Waals surface area contributed by atoms with Gasteiger partial charge in [0.15, 0.2) is 0 Å². The van der Waals surface area contributed by atoms with Crippen molar-refractivity contribution in [3.05, 3.63) is 42.2 Å². The van der Waals surface area contributed by atoms with E-state index < -0.39 is 7.12 Å². The van der Waals surface area contributed by atoms with Gasteiger partial charge in [-0.2, -0.15) is 0 Å². The number of hydrogen-bond acceptors (Lipinski definition) is 2. The van der Waals surface area contributed by atoms with Crippen molar-refractivity contribution in [3.8, 4) is 0 Å². The fourth-order valence-electron chi connectivity index (χ4n) is 2.39. The smallest absolute Gasteiger partial charge is 0.399 e. The van der Waals surface area contributed by atoms with E-state index in [2.05, 4.69) is 0 Å². The standard InChI is InChI=1S/C16H18BFO2/c1-15(2)16(3,4)20-17(19-15)12-8-9-13-11(10-12)6-5-7-14(13)18/h5-10H,1-4H3. The molecular formula is C16H18BFO2. The third-order valence-corrected chi connectivity index (χ3v) is 4.38. The maximum Gasteiger partial charge on any atom is 0.494 e. The van der Waals surface area contributed by atoms with Crippen LogP contribution >= 0.6 is 0 Å². The number of rotatable bonds is 1. The maximum atomic E-state index is 13.7. The van der Waals surface area contributed by atoms with Gasteiger partial charge in [-0.05, 0) is 44.6 Å². The monoisotopic (exact) mass is 272 g/mol. The lowest BCUT2D eigenvalue weighted by Gasteiger charge is -2.32. The first-order valence-electron chi connectivity index (χ1n) is 6.84. The summed E-state index contributed by atoms with van der Waals surface area (Å²) in [4.78, 5) is 0. The summed E-state index contributed by atoms with van der Waals surface area (Å²) in [5.74, 6) is -0.206. The second-order valence-electron chi connectivity index (χ2n) is 6.31. The van der Waals surface area contributed by atoms with E-state index in [1.54, 1.807) is 12.1 Å². The quantitative estimate of drug-likeness (QED) is 0.742. The van der Waals surface area contributed by atoms with Crippen molar-refractivity contribution < 1.29 is 13.7 Å². The first-order chi connectivity index (χ1) is 9.30. The molecule has 1 saturated heterocycles. The van der Waals surface area contributed by atoms with Crippen LogP contribution in [0.25, 0.3) is 10.8 Å². The Labute approximate surface area is 119 Å². The zero-order chi connectivity index (χ0) is 14.5. The van der Waals surface area contributed by atoms with E-state index in [0.717, 1.165) is 10.8 Å². The Morgan fingerprint density at radius 1 is 0.950 bits per heavy atom. The van der Waals surface area contributed by atoms with Gasteiger partial charge in [0.05, 0.1) is 11.2 Å². The summed E-state index contributed by atoms with van der Waals surface area (Å²) in [5.41, 5.74) is 0.185. The number of fused-ring (bicyclic) bond motifs is 1. The molecule has 0 spiro atoms. The average molecular weight is 272 g/mol. The Morgan fingerprint density at radius 2 is 1.60 bits per heavy atom. The summed E-state index contributed by atoms with van der Waals surface area (Å²) in [7, 11) is -0.410. The van der Waals surface area contributed by atoms with Crippen molar-refractivity contribution in [2.75, 3.05) is 0 Å². The zero-order valence-electron chi connectivity index (χ0n) is 12.2. The van der Waals surface area contributed by atoms with Gasteiger partial charge in [0.2, 0.25) is 0 Å². The van der Waals surface area contributed by atoms with Gasteiger partial charge in [0.25, 0.3) is 0 Å². The predicted octanol–water partition coefficient (Wildman–Crippen LogP) is 3.28. The van der Waals surface area contributed by atoms with Crippen LogP contribution < -0.4 is 5.46 Å². The molecule has 20 heavy (non-hydrogen) atoms. The molecule has 0 aromatic heterocycles. The van der Waals surface area contributed by atoms with E-state index in [4.69, 9.17) is 9.31 Å². The molecule has 4 heteroatoms. The van der Waals surface area contributed by atoms with Crippen molar-refractivity contribution in [2.45, 2.75) is 38.9 Å². The lowest BCUT2D eigenvalue weighted by Crippen LogP contribution is -2.41. The van der Waals surface area contributed by atoms with Crippen molar-refractivity contribution in [1.82, 2.24) is 0 Å². The van der Waals surface area contributed by atoms with E-state index in [-0.39, 0.29) is 17.0 Å². The first-order valence-corrected chi connectivity index (χ1v) is 6.84. The fourth-order valence-corrected chi connectivity index (χ4v) is 2.39. The van der Waals surface area contributed by atoms with Crippen LogP contribution in [0.4, 0.5) is 4.39 Å². The van der Waals surface area contributed by atoms with Crippen LogP contribution in [0, 0.1) is 5.82 Å². The summed E-state index contributed by atoms with van der Waals surface area (Å²) in [5, 5.41) is 1.48. The highest BCUT2D eigenvalue weighted by molar-refractivity contribution is 6.62. The van der Waals surface area contributed by atoms with Crippen LogP contribution in [0.5, 0.6) is 0 Å². The summed E-state index contributed by atoms with van der Waals surface area (Å²) in [6.45, 7) is 8.09. The number of halogens is 1. The molecule has 1 aliphatic rings. The van der Waals surface area contributed by atoms with Gasteiger partial charge in [-0.15, -0.1) is 0 Å². The molecule has 0 radical (unpaired) electrons. The Morgan fingerprint density at radius 3 is 2.25 bits per heavy atom. The highest BCUT2D eigenvalue weighted by Gasteiger charge is 2.51. The van der Waals surface area contributed by atoms with E-state index in [1.165, 1.54) is 6.07 Å². The molecule has 1 fully saturated rings. The van der Waals surface area contributed by atoms with Crippen LogP contribution in [0.1, 0.15) is 27.7 Å². The fraction of sp³-hybridized carbons (Fsp3) is 0.375. The second-order valence-corrected chi connectivity index (χ2v) is 6.31. The Bertz CT molecular complexity index is 651. The highest BCUT2D eigenvalue weighted by Crippen LogP contribution is 2.36. The van der Waals surface area contributed by atoms with Gasteiger partial charge in [0.1, 0.15) is 5.82 Å². The van der Waals surface area contributed by atoms with Gasteiger partial charge < -0.3 is 9.31 Å². The molecule has 2 aromatic rings. The summed E-state index contributed by atoms with van der Waals surface area (Å²) in [6, 6.07) is 10.7. The third kappa shape index (κ3) is 2.04. The van der Waals surface area contributed by atoms with E-state index in [0.29, 0.717) is 5.39 Å². The van der Waals surface area contributed by atoms with Crippen molar-refractivity contribution in [1.29, 1.82) is 0 Å². The van der Waals surface area contributed by atoms with Crippen molar-refractivity contribution in [2.24, 2.45) is 0 Å². The molecule has 2 nitrogen and oxygen atoms in total. The second kappa shape index (κ2) is 4.30. The van der Waals surface area contributed by atoms with Crippen LogP contribution in [0.2, 0.25) is 0 Å². The molecule has 0 bridgehead atoms. The molecule has 0 aliphatic carbocycles. The topological polar surface area (TPSA) is 18.5 Å². The Balaban J connectivity index is 2.00. The summed E-state index contributed by atoms with van der Waals surface area (Å²) >= 11 is 0. The highest BCUT2D eigenvalue weighted by atomic mass is 19.1. The minimum atomic E-state index is -0.410. The normalized spacial score (nSPS) is 20.6. The molecular weight excluding hydrogens is 254 g/mol. The number of hydrogen-bond donors (Lipinski definition) is 0. The molecule has 0 N–H and O–H groups in total. The van der Waals surface area contributed by atoms with Crippen LogP contribution in [-0.4, -0.2) is 18.3 Å². The third-order valence-electron chi connectivity index (χ3n) is 4.38. The van der Waals surface area contributed by atoms with Crippen molar-refractivity contribution >= 4 is 23.4 Å². The van der Waals surface area contributed by atoms with Crippen LogP contribution in [0.15, 0.2) is 36.4 Å². The lowest BCUT2D eigenvalue weighted by atomic mass is 9.78. The zero-order valence-corrected chi connectivity index (χ0v) is 12.2. The Hall–Kier alpha value is -1.39. The molecule has 0 unspecified atom stereocenters. The largest absolute Gasteiger partial charge is 0.494 e. The minimum absolute atomic E-state index is 0.206. The molecule has 2 aromatic carbocycles. The molecule has 3 rings (SSSR count). The summed E-state index contributed by atoms with van der Waals surface area (Å²) in [6.07, 6.45) is 0. The molecule has 1 aliphatic heterocycles. The van der Waals surface area contributed by atoms with E-state index in [1.807, 2.05) is 45.9 Å². The minimum Gasteiger partial charge on any atom is -0.399 e. The van der Waals surface area contributed by atoms with Gasteiger partial charge in [-0.25, -0.2) is 4.39 Å². The molecule has 0 amide bonds. The lowest BCUT2D eigenvalue weighted by molar-refractivity contribution is 0.00578.